The number of imidazole rings is 1. The molecule has 17 heavy (non-hydrogen) atoms. The summed E-state index contributed by atoms with van der Waals surface area (Å²) in [5.74, 6) is -0.243. The van der Waals surface area contributed by atoms with E-state index in [9.17, 15) is 4.39 Å². The largest absolute Gasteiger partial charge is 0.343 e. The number of aromatic amines is 1. The molecule has 0 unspecified atom stereocenters. The number of hydrogen-bond donors (Lipinski definition) is 1. The van der Waals surface area contributed by atoms with E-state index in [4.69, 9.17) is 0 Å². The van der Waals surface area contributed by atoms with E-state index in [2.05, 4.69) is 15.0 Å². The predicted octanol–water partition coefficient (Wildman–Crippen LogP) is 3.07. The van der Waals surface area contributed by atoms with Gasteiger partial charge in [0, 0.05) is 11.8 Å². The quantitative estimate of drug-likeness (QED) is 0.694. The fraction of sp³-hybridized carbons (Fsp3) is 0.0769. The first-order valence-corrected chi connectivity index (χ1v) is 5.29. The Morgan fingerprint density at radius 2 is 2.06 bits per heavy atom. The van der Waals surface area contributed by atoms with E-state index in [1.165, 1.54) is 12.1 Å². The summed E-state index contributed by atoms with van der Waals surface area (Å²) in [4.78, 5) is 11.4. The maximum absolute atomic E-state index is 13.4. The summed E-state index contributed by atoms with van der Waals surface area (Å²) in [6, 6.07) is 4.92. The minimum Gasteiger partial charge on any atom is -0.343 e. The molecular weight excluding hydrogens is 217 g/mol. The van der Waals surface area contributed by atoms with Crippen LogP contribution < -0.4 is 0 Å². The van der Waals surface area contributed by atoms with Gasteiger partial charge in [0.15, 0.2) is 0 Å². The van der Waals surface area contributed by atoms with Gasteiger partial charge in [-0.2, -0.15) is 0 Å². The topological polar surface area (TPSA) is 41.6 Å². The SMILES string of the molecule is Cc1cc(F)cc(-c2cncc3[nH]cnc23)c1. The fourth-order valence-electron chi connectivity index (χ4n) is 1.97. The van der Waals surface area contributed by atoms with Gasteiger partial charge < -0.3 is 4.98 Å². The van der Waals surface area contributed by atoms with E-state index in [1.54, 1.807) is 18.7 Å². The van der Waals surface area contributed by atoms with Gasteiger partial charge in [-0.3, -0.25) is 4.98 Å². The van der Waals surface area contributed by atoms with Gasteiger partial charge in [0.2, 0.25) is 0 Å². The van der Waals surface area contributed by atoms with Crippen molar-refractivity contribution in [2.24, 2.45) is 0 Å². The van der Waals surface area contributed by atoms with Crippen molar-refractivity contribution in [2.75, 3.05) is 0 Å². The van der Waals surface area contributed by atoms with Crippen molar-refractivity contribution in [2.45, 2.75) is 6.92 Å². The van der Waals surface area contributed by atoms with Gasteiger partial charge in [-0.05, 0) is 30.2 Å². The molecule has 0 aliphatic heterocycles. The lowest BCUT2D eigenvalue weighted by atomic mass is 10.0. The van der Waals surface area contributed by atoms with Crippen LogP contribution in [0.4, 0.5) is 4.39 Å². The molecule has 2 aromatic heterocycles. The Labute approximate surface area is 97.3 Å². The fourth-order valence-corrected chi connectivity index (χ4v) is 1.97. The second kappa shape index (κ2) is 3.66. The zero-order valence-corrected chi connectivity index (χ0v) is 9.24. The molecule has 0 amide bonds. The molecule has 0 fully saturated rings. The molecule has 0 aliphatic carbocycles. The zero-order valence-electron chi connectivity index (χ0n) is 9.24. The standard InChI is InChI=1S/C13H10FN3/c1-8-2-9(4-10(14)3-8)11-5-15-6-12-13(11)17-7-16-12/h2-7H,1H3,(H,16,17). The molecule has 2 heterocycles. The molecule has 0 aliphatic rings. The first-order valence-electron chi connectivity index (χ1n) is 5.29. The summed E-state index contributed by atoms with van der Waals surface area (Å²) < 4.78 is 13.4. The Bertz CT molecular complexity index is 668. The molecule has 0 radical (unpaired) electrons. The van der Waals surface area contributed by atoms with Crippen LogP contribution in [0, 0.1) is 12.7 Å². The Morgan fingerprint density at radius 3 is 2.88 bits per heavy atom. The maximum Gasteiger partial charge on any atom is 0.124 e. The van der Waals surface area contributed by atoms with Crippen LogP contribution >= 0.6 is 0 Å². The number of nitrogens with zero attached hydrogens (tertiary/aromatic N) is 2. The molecule has 4 heteroatoms. The van der Waals surface area contributed by atoms with Crippen molar-refractivity contribution in [3.63, 3.8) is 0 Å². The molecule has 1 aromatic carbocycles. The van der Waals surface area contributed by atoms with Crippen molar-refractivity contribution in [1.29, 1.82) is 0 Å². The Kier molecular flexibility index (Phi) is 2.14. The monoisotopic (exact) mass is 227 g/mol. The third kappa shape index (κ3) is 1.67. The average molecular weight is 227 g/mol. The molecule has 84 valence electrons. The zero-order chi connectivity index (χ0) is 11.8. The lowest BCUT2D eigenvalue weighted by Crippen LogP contribution is -1.86. The van der Waals surface area contributed by atoms with Crippen molar-refractivity contribution in [3.05, 3.63) is 48.3 Å². The van der Waals surface area contributed by atoms with Gasteiger partial charge in [0.25, 0.3) is 0 Å². The van der Waals surface area contributed by atoms with Crippen LogP contribution in [0.5, 0.6) is 0 Å². The molecule has 3 aromatic rings. The van der Waals surface area contributed by atoms with Gasteiger partial charge in [-0.1, -0.05) is 6.07 Å². The Hall–Kier alpha value is -2.23. The maximum atomic E-state index is 13.4. The number of pyridine rings is 1. The minimum absolute atomic E-state index is 0.243. The third-order valence-electron chi connectivity index (χ3n) is 2.68. The van der Waals surface area contributed by atoms with Crippen LogP contribution in [0.3, 0.4) is 0 Å². The highest BCUT2D eigenvalue weighted by Crippen LogP contribution is 2.26. The highest BCUT2D eigenvalue weighted by Gasteiger charge is 2.08. The van der Waals surface area contributed by atoms with Crippen LogP contribution in [-0.2, 0) is 0 Å². The van der Waals surface area contributed by atoms with Crippen LogP contribution in [0.1, 0.15) is 5.56 Å². The minimum atomic E-state index is -0.243. The van der Waals surface area contributed by atoms with E-state index in [0.29, 0.717) is 0 Å². The number of nitrogens with one attached hydrogen (secondary N) is 1. The van der Waals surface area contributed by atoms with Crippen molar-refractivity contribution in [3.8, 4) is 11.1 Å². The van der Waals surface area contributed by atoms with Gasteiger partial charge in [0.1, 0.15) is 5.82 Å². The normalized spacial score (nSPS) is 10.9. The predicted molar refractivity (Wildman–Crippen MR) is 64.0 cm³/mol. The Balaban J connectivity index is 2.30. The summed E-state index contributed by atoms with van der Waals surface area (Å²) in [6.45, 7) is 1.87. The first-order chi connectivity index (χ1) is 8.24. The van der Waals surface area contributed by atoms with E-state index in [-0.39, 0.29) is 5.82 Å². The van der Waals surface area contributed by atoms with E-state index < -0.39 is 0 Å². The summed E-state index contributed by atoms with van der Waals surface area (Å²) in [5, 5.41) is 0. The van der Waals surface area contributed by atoms with Crippen molar-refractivity contribution >= 4 is 11.0 Å². The van der Waals surface area contributed by atoms with E-state index in [0.717, 1.165) is 27.7 Å². The van der Waals surface area contributed by atoms with Gasteiger partial charge in [0.05, 0.1) is 23.6 Å². The molecule has 3 rings (SSSR count). The number of aromatic nitrogens is 3. The van der Waals surface area contributed by atoms with Crippen molar-refractivity contribution in [1.82, 2.24) is 15.0 Å². The van der Waals surface area contributed by atoms with Crippen molar-refractivity contribution < 1.29 is 4.39 Å². The molecule has 0 saturated carbocycles. The van der Waals surface area contributed by atoms with Crippen LogP contribution in [0.2, 0.25) is 0 Å². The molecule has 3 nitrogen and oxygen atoms in total. The number of H-pyrrole nitrogens is 1. The lowest BCUT2D eigenvalue weighted by molar-refractivity contribution is 0.627. The Morgan fingerprint density at radius 1 is 1.18 bits per heavy atom. The summed E-state index contributed by atoms with van der Waals surface area (Å²) in [6.07, 6.45) is 5.03. The smallest absolute Gasteiger partial charge is 0.124 e. The van der Waals surface area contributed by atoms with E-state index in [1.807, 2.05) is 13.0 Å². The molecule has 0 spiro atoms. The van der Waals surface area contributed by atoms with Gasteiger partial charge in [-0.15, -0.1) is 0 Å². The molecule has 0 saturated heterocycles. The van der Waals surface area contributed by atoms with Crippen LogP contribution in [0.25, 0.3) is 22.2 Å². The summed E-state index contributed by atoms with van der Waals surface area (Å²) in [7, 11) is 0. The van der Waals surface area contributed by atoms with E-state index >= 15 is 0 Å². The average Bonchev–Trinajstić information content (AvgIpc) is 2.75. The summed E-state index contributed by atoms with van der Waals surface area (Å²) in [5.41, 5.74) is 4.18. The number of fused-ring (bicyclic) bond motifs is 1. The molecule has 1 N–H and O–H groups in total. The highest BCUT2D eigenvalue weighted by atomic mass is 19.1. The van der Waals surface area contributed by atoms with Gasteiger partial charge in [-0.25, -0.2) is 9.37 Å². The van der Waals surface area contributed by atoms with Crippen LogP contribution in [0.15, 0.2) is 36.9 Å². The second-order valence-electron chi connectivity index (χ2n) is 4.00. The molecule has 0 atom stereocenters. The number of aryl methyl sites for hydroxylation is 1. The molecule has 0 bridgehead atoms. The second-order valence-corrected chi connectivity index (χ2v) is 4.00. The highest BCUT2D eigenvalue weighted by molar-refractivity contribution is 5.90. The third-order valence-corrected chi connectivity index (χ3v) is 2.68. The number of hydrogen-bond acceptors (Lipinski definition) is 2. The van der Waals surface area contributed by atoms with Crippen LogP contribution in [-0.4, -0.2) is 15.0 Å². The number of rotatable bonds is 1. The number of benzene rings is 1. The summed E-state index contributed by atoms with van der Waals surface area (Å²) >= 11 is 0. The first kappa shape index (κ1) is 9.96. The molecular formula is C13H10FN3. The lowest BCUT2D eigenvalue weighted by Gasteiger charge is -2.04. The number of halogens is 1. The van der Waals surface area contributed by atoms with Gasteiger partial charge >= 0.3 is 0 Å².